The number of amides is 2. The Kier molecular flexibility index (Phi) is 10.4. The van der Waals surface area contributed by atoms with Gasteiger partial charge in [-0.25, -0.2) is 14.8 Å². The van der Waals surface area contributed by atoms with Crippen LogP contribution < -0.4 is 16.1 Å². The van der Waals surface area contributed by atoms with Crippen LogP contribution in [0, 0.1) is 0 Å². The predicted molar refractivity (Wildman–Crippen MR) is 185 cm³/mol. The second-order valence-corrected chi connectivity index (χ2v) is 16.1. The van der Waals surface area contributed by atoms with E-state index in [4.69, 9.17) is 14.0 Å². The Morgan fingerprint density at radius 2 is 1.47 bits per heavy atom. The summed E-state index contributed by atoms with van der Waals surface area (Å²) >= 11 is 1.39. The van der Waals surface area contributed by atoms with Gasteiger partial charge >= 0.3 is 13.1 Å². The molecule has 1 aliphatic rings. The third-order valence-electron chi connectivity index (χ3n) is 8.16. The molecule has 0 bridgehead atoms. The summed E-state index contributed by atoms with van der Waals surface area (Å²) in [5.74, 6) is -0.881. The summed E-state index contributed by atoms with van der Waals surface area (Å²) in [7, 11) is -0.554. The monoisotopic (exact) mass is 662 g/mol. The van der Waals surface area contributed by atoms with Crippen LogP contribution in [0.4, 0.5) is 0 Å². The van der Waals surface area contributed by atoms with Crippen molar-refractivity contribution >= 4 is 41.7 Å². The number of rotatable bonds is 9. The number of nitrogens with zero attached hydrogens (tertiary/aromatic N) is 2. The highest BCUT2D eigenvalue weighted by Gasteiger charge is 2.52. The molecule has 2 aromatic heterocycles. The summed E-state index contributed by atoms with van der Waals surface area (Å²) in [5, 5.41) is 5.61. The van der Waals surface area contributed by atoms with Crippen molar-refractivity contribution in [3.05, 3.63) is 64.1 Å². The van der Waals surface area contributed by atoms with Gasteiger partial charge in [-0.1, -0.05) is 45.0 Å². The normalized spacial score (nSPS) is 17.1. The minimum absolute atomic E-state index is 0.111. The molecule has 47 heavy (non-hydrogen) atoms. The van der Waals surface area contributed by atoms with E-state index in [1.165, 1.54) is 11.3 Å². The van der Waals surface area contributed by atoms with Gasteiger partial charge in [-0.3, -0.25) is 9.59 Å². The van der Waals surface area contributed by atoms with Crippen LogP contribution in [0.25, 0.3) is 11.4 Å². The highest BCUT2D eigenvalue weighted by molar-refractivity contribution is 7.14. The molecule has 3 aromatic rings. The minimum Gasteiger partial charge on any atom is -0.458 e. The molecule has 0 spiro atoms. The fourth-order valence-corrected chi connectivity index (χ4v) is 5.65. The standard InChI is InChI=1S/C35H47BN4O6S/c1-21(31(43)44-33(5,6)7)39-29(41)25(40-30(42)26-16-17-27(47-26)32(2,3)4)18-22-12-14-23(15-13-22)28-37-19-24(20-38-28)36-45-34(8,9)35(10,11)46-36/h12-17,19-21,25H,18H2,1-11H3,(H,39,41)(H,40,42)/t21-,25+/m1/s1. The van der Waals surface area contributed by atoms with E-state index >= 15 is 0 Å². The Labute approximate surface area is 282 Å². The van der Waals surface area contributed by atoms with Gasteiger partial charge in [0, 0.05) is 34.7 Å². The predicted octanol–water partition coefficient (Wildman–Crippen LogP) is 4.99. The Bertz CT molecular complexity index is 1570. The van der Waals surface area contributed by atoms with Crippen molar-refractivity contribution in [3.63, 3.8) is 0 Å². The number of carbonyl (C=O) groups excluding carboxylic acids is 3. The second kappa shape index (κ2) is 13.5. The van der Waals surface area contributed by atoms with Gasteiger partial charge in [-0.05, 0) is 78.5 Å². The number of ether oxygens (including phenoxy) is 1. The largest absolute Gasteiger partial charge is 0.498 e. The average Bonchev–Trinajstić information content (AvgIpc) is 3.55. The average molecular weight is 663 g/mol. The molecule has 4 rings (SSSR count). The molecule has 1 aromatic carbocycles. The molecule has 252 valence electrons. The number of nitrogens with one attached hydrogen (secondary N) is 2. The number of hydrogen-bond acceptors (Lipinski definition) is 9. The van der Waals surface area contributed by atoms with Crippen LogP contribution in [-0.2, 0) is 35.5 Å². The maximum absolute atomic E-state index is 13.5. The zero-order chi connectivity index (χ0) is 34.9. The molecule has 1 saturated heterocycles. The molecule has 0 unspecified atom stereocenters. The van der Waals surface area contributed by atoms with Crippen molar-refractivity contribution in [2.45, 2.75) is 117 Å². The molecular weight excluding hydrogens is 615 g/mol. The van der Waals surface area contributed by atoms with Crippen molar-refractivity contribution < 1.29 is 28.4 Å². The topological polar surface area (TPSA) is 129 Å². The molecular formula is C35H47BN4O6S. The molecule has 2 N–H and O–H groups in total. The molecule has 1 aliphatic heterocycles. The third-order valence-corrected chi connectivity index (χ3v) is 9.67. The lowest BCUT2D eigenvalue weighted by molar-refractivity contribution is -0.158. The Hall–Kier alpha value is -3.61. The van der Waals surface area contributed by atoms with Crippen molar-refractivity contribution in [3.8, 4) is 11.4 Å². The van der Waals surface area contributed by atoms with Crippen molar-refractivity contribution in [2.24, 2.45) is 0 Å². The molecule has 0 radical (unpaired) electrons. The summed E-state index contributed by atoms with van der Waals surface area (Å²) in [5.41, 5.74) is 0.571. The summed E-state index contributed by atoms with van der Waals surface area (Å²) in [4.78, 5) is 50.1. The molecule has 12 heteroatoms. The van der Waals surface area contributed by atoms with Crippen LogP contribution >= 0.6 is 11.3 Å². The lowest BCUT2D eigenvalue weighted by Gasteiger charge is -2.32. The van der Waals surface area contributed by atoms with E-state index in [-0.39, 0.29) is 17.7 Å². The summed E-state index contributed by atoms with van der Waals surface area (Å²) in [6, 6.07) is 9.32. The van der Waals surface area contributed by atoms with Crippen LogP contribution in [0.3, 0.4) is 0 Å². The lowest BCUT2D eigenvalue weighted by Crippen LogP contribution is -2.52. The zero-order valence-corrected chi connectivity index (χ0v) is 30.1. The van der Waals surface area contributed by atoms with Gasteiger partial charge in [-0.2, -0.15) is 0 Å². The van der Waals surface area contributed by atoms with Crippen LogP contribution in [0.15, 0.2) is 48.8 Å². The summed E-state index contributed by atoms with van der Waals surface area (Å²) in [6.07, 6.45) is 3.60. The summed E-state index contributed by atoms with van der Waals surface area (Å²) in [6.45, 7) is 21.1. The number of thiophene rings is 1. The molecule has 2 amide bonds. The van der Waals surface area contributed by atoms with Crippen molar-refractivity contribution in [1.82, 2.24) is 20.6 Å². The van der Waals surface area contributed by atoms with Crippen LogP contribution in [0.2, 0.25) is 0 Å². The molecule has 0 saturated carbocycles. The Morgan fingerprint density at radius 3 is 1.98 bits per heavy atom. The van der Waals surface area contributed by atoms with Gasteiger partial charge in [-0.15, -0.1) is 11.3 Å². The van der Waals surface area contributed by atoms with Crippen molar-refractivity contribution in [1.29, 1.82) is 0 Å². The van der Waals surface area contributed by atoms with Crippen LogP contribution in [-0.4, -0.2) is 63.8 Å². The van der Waals surface area contributed by atoms with Crippen LogP contribution in [0.5, 0.6) is 0 Å². The van der Waals surface area contributed by atoms with Gasteiger partial charge in [0.05, 0.1) is 16.1 Å². The van der Waals surface area contributed by atoms with Gasteiger partial charge in [0.1, 0.15) is 17.7 Å². The Morgan fingerprint density at radius 1 is 0.894 bits per heavy atom. The first kappa shape index (κ1) is 36.2. The molecule has 10 nitrogen and oxygen atoms in total. The lowest BCUT2D eigenvalue weighted by atomic mass is 9.81. The first-order valence-corrected chi connectivity index (χ1v) is 16.7. The van der Waals surface area contributed by atoms with E-state index in [9.17, 15) is 14.4 Å². The van der Waals surface area contributed by atoms with Crippen LogP contribution in [0.1, 0.15) is 96.3 Å². The van der Waals surface area contributed by atoms with E-state index in [0.29, 0.717) is 10.7 Å². The first-order chi connectivity index (χ1) is 21.6. The van der Waals surface area contributed by atoms with E-state index in [0.717, 1.165) is 21.5 Å². The first-order valence-electron chi connectivity index (χ1n) is 15.9. The fraction of sp³-hybridized carbons (Fsp3) is 0.514. The van der Waals surface area contributed by atoms with E-state index < -0.39 is 47.9 Å². The third kappa shape index (κ3) is 9.06. The maximum Gasteiger partial charge on any atom is 0.498 e. The van der Waals surface area contributed by atoms with E-state index in [1.54, 1.807) is 46.2 Å². The molecule has 2 atom stereocenters. The highest BCUT2D eigenvalue weighted by Crippen LogP contribution is 2.36. The second-order valence-electron chi connectivity index (χ2n) is 15.0. The number of benzene rings is 1. The molecule has 0 aliphatic carbocycles. The van der Waals surface area contributed by atoms with Gasteiger partial charge < -0.3 is 24.7 Å². The fourth-order valence-electron chi connectivity index (χ4n) is 4.68. The SMILES string of the molecule is C[C@@H](NC(=O)[C@H](Cc1ccc(-c2ncc(B3OC(C)(C)C(C)(C)O3)cn2)cc1)NC(=O)c1ccc(C(C)(C)C)s1)C(=O)OC(C)(C)C. The number of carbonyl (C=O) groups is 3. The minimum atomic E-state index is -0.950. The number of hydrogen-bond donors (Lipinski definition) is 2. The molecule has 1 fully saturated rings. The van der Waals surface area contributed by atoms with Crippen molar-refractivity contribution in [2.75, 3.05) is 0 Å². The smallest absolute Gasteiger partial charge is 0.458 e. The highest BCUT2D eigenvalue weighted by atomic mass is 32.1. The van der Waals surface area contributed by atoms with Gasteiger partial charge in [0.25, 0.3) is 5.91 Å². The van der Waals surface area contributed by atoms with E-state index in [1.807, 2.05) is 58.0 Å². The zero-order valence-electron chi connectivity index (χ0n) is 29.3. The van der Waals surface area contributed by atoms with Gasteiger partial charge in [0.2, 0.25) is 5.91 Å². The van der Waals surface area contributed by atoms with E-state index in [2.05, 4.69) is 41.4 Å². The quantitative estimate of drug-likeness (QED) is 0.242. The molecule has 3 heterocycles. The Balaban J connectivity index is 1.49. The maximum atomic E-state index is 13.5. The number of esters is 1. The van der Waals surface area contributed by atoms with Gasteiger partial charge in [0.15, 0.2) is 5.82 Å². The number of aromatic nitrogens is 2. The summed E-state index contributed by atoms with van der Waals surface area (Å²) < 4.78 is 17.6.